The molecule has 0 saturated carbocycles. The Labute approximate surface area is 114 Å². The minimum atomic E-state index is -0.197. The van der Waals surface area contributed by atoms with Crippen molar-refractivity contribution in [1.82, 2.24) is 0 Å². The van der Waals surface area contributed by atoms with Gasteiger partial charge in [0, 0.05) is 6.04 Å². The number of halogens is 1. The highest BCUT2D eigenvalue weighted by atomic mass is 19.1. The van der Waals surface area contributed by atoms with Gasteiger partial charge in [-0.1, -0.05) is 29.8 Å². The molecule has 0 radical (unpaired) electrons. The first kappa shape index (κ1) is 13.6. The van der Waals surface area contributed by atoms with E-state index in [9.17, 15) is 4.39 Å². The van der Waals surface area contributed by atoms with E-state index in [2.05, 4.69) is 44.3 Å². The second-order valence-electron chi connectivity index (χ2n) is 5.21. The SMILES string of the molecule is Cc1ccc(NC(C)c2cc(C)ccc2C)c(F)c1. The molecule has 2 rings (SSSR count). The van der Waals surface area contributed by atoms with Gasteiger partial charge in [-0.3, -0.25) is 0 Å². The van der Waals surface area contributed by atoms with Crippen molar-refractivity contribution >= 4 is 5.69 Å². The van der Waals surface area contributed by atoms with Gasteiger partial charge in [-0.25, -0.2) is 4.39 Å². The molecule has 0 heterocycles. The summed E-state index contributed by atoms with van der Waals surface area (Å²) in [5.41, 5.74) is 5.14. The Morgan fingerprint density at radius 3 is 2.26 bits per heavy atom. The van der Waals surface area contributed by atoms with Crippen molar-refractivity contribution in [2.24, 2.45) is 0 Å². The predicted molar refractivity (Wildman–Crippen MR) is 79.1 cm³/mol. The number of nitrogens with one attached hydrogen (secondary N) is 1. The lowest BCUT2D eigenvalue weighted by Crippen LogP contribution is -2.09. The summed E-state index contributed by atoms with van der Waals surface area (Å²) >= 11 is 0. The molecule has 1 unspecified atom stereocenters. The lowest BCUT2D eigenvalue weighted by molar-refractivity contribution is 0.626. The summed E-state index contributed by atoms with van der Waals surface area (Å²) in [5, 5.41) is 3.25. The fraction of sp³-hybridized carbons (Fsp3) is 0.294. The Balaban J connectivity index is 2.25. The van der Waals surface area contributed by atoms with Crippen molar-refractivity contribution in [3.8, 4) is 0 Å². The minimum absolute atomic E-state index is 0.0807. The van der Waals surface area contributed by atoms with Crippen molar-refractivity contribution in [3.05, 3.63) is 64.5 Å². The van der Waals surface area contributed by atoms with Crippen molar-refractivity contribution in [2.75, 3.05) is 5.32 Å². The zero-order valence-corrected chi connectivity index (χ0v) is 11.9. The van der Waals surface area contributed by atoms with Gasteiger partial charge < -0.3 is 5.32 Å². The Morgan fingerprint density at radius 1 is 0.947 bits per heavy atom. The summed E-state index contributed by atoms with van der Waals surface area (Å²) in [6.07, 6.45) is 0. The van der Waals surface area contributed by atoms with Crippen LogP contribution in [0.1, 0.15) is 35.2 Å². The van der Waals surface area contributed by atoms with Crippen LogP contribution in [0.25, 0.3) is 0 Å². The summed E-state index contributed by atoms with van der Waals surface area (Å²) in [6.45, 7) is 8.10. The van der Waals surface area contributed by atoms with E-state index in [0.29, 0.717) is 5.69 Å². The average Bonchev–Trinajstić information content (AvgIpc) is 2.35. The zero-order chi connectivity index (χ0) is 14.0. The van der Waals surface area contributed by atoms with E-state index in [1.165, 1.54) is 16.7 Å². The van der Waals surface area contributed by atoms with Crippen LogP contribution in [0.2, 0.25) is 0 Å². The molecule has 0 aliphatic heterocycles. The maximum atomic E-state index is 13.8. The molecule has 1 N–H and O–H groups in total. The topological polar surface area (TPSA) is 12.0 Å². The van der Waals surface area contributed by atoms with E-state index in [4.69, 9.17) is 0 Å². The van der Waals surface area contributed by atoms with Gasteiger partial charge in [0.1, 0.15) is 5.82 Å². The third-order valence-corrected chi connectivity index (χ3v) is 3.40. The van der Waals surface area contributed by atoms with E-state index in [-0.39, 0.29) is 11.9 Å². The van der Waals surface area contributed by atoms with E-state index in [0.717, 1.165) is 5.56 Å². The summed E-state index contributed by atoms with van der Waals surface area (Å²) in [5.74, 6) is -0.197. The first-order chi connectivity index (χ1) is 8.97. The van der Waals surface area contributed by atoms with E-state index in [1.54, 1.807) is 12.1 Å². The lowest BCUT2D eigenvalue weighted by atomic mass is 10.00. The molecule has 0 spiro atoms. The second kappa shape index (κ2) is 5.43. The van der Waals surface area contributed by atoms with Crippen LogP contribution in [0.15, 0.2) is 36.4 Å². The van der Waals surface area contributed by atoms with Gasteiger partial charge in [-0.2, -0.15) is 0 Å². The molecule has 1 nitrogen and oxygen atoms in total. The van der Waals surface area contributed by atoms with Gasteiger partial charge >= 0.3 is 0 Å². The Kier molecular flexibility index (Phi) is 3.89. The Morgan fingerprint density at radius 2 is 1.58 bits per heavy atom. The van der Waals surface area contributed by atoms with E-state index >= 15 is 0 Å². The molecule has 2 aromatic carbocycles. The molecule has 0 aliphatic carbocycles. The number of anilines is 1. The van der Waals surface area contributed by atoms with Crippen LogP contribution in [-0.2, 0) is 0 Å². The van der Waals surface area contributed by atoms with Crippen LogP contribution in [0.3, 0.4) is 0 Å². The van der Waals surface area contributed by atoms with Crippen LogP contribution >= 0.6 is 0 Å². The maximum absolute atomic E-state index is 13.8. The van der Waals surface area contributed by atoms with Crippen LogP contribution in [0.4, 0.5) is 10.1 Å². The molecule has 0 aliphatic rings. The normalized spacial score (nSPS) is 12.3. The van der Waals surface area contributed by atoms with Crippen molar-refractivity contribution in [1.29, 1.82) is 0 Å². The summed E-state index contributed by atoms with van der Waals surface area (Å²) in [6, 6.07) is 11.7. The van der Waals surface area contributed by atoms with Crippen LogP contribution < -0.4 is 5.32 Å². The summed E-state index contributed by atoms with van der Waals surface area (Å²) in [7, 11) is 0. The number of hydrogen-bond acceptors (Lipinski definition) is 1. The third kappa shape index (κ3) is 3.14. The maximum Gasteiger partial charge on any atom is 0.146 e. The third-order valence-electron chi connectivity index (χ3n) is 3.40. The molecule has 1 atom stereocenters. The molecule has 2 heteroatoms. The molecular weight excluding hydrogens is 237 g/mol. The molecule has 0 aromatic heterocycles. The number of aryl methyl sites for hydroxylation is 3. The monoisotopic (exact) mass is 257 g/mol. The first-order valence-corrected chi connectivity index (χ1v) is 6.57. The average molecular weight is 257 g/mol. The number of benzene rings is 2. The van der Waals surface area contributed by atoms with Gasteiger partial charge in [0.2, 0.25) is 0 Å². The highest BCUT2D eigenvalue weighted by molar-refractivity contribution is 5.49. The highest BCUT2D eigenvalue weighted by Gasteiger charge is 2.11. The fourth-order valence-electron chi connectivity index (χ4n) is 2.27. The largest absolute Gasteiger partial charge is 0.376 e. The fourth-order valence-corrected chi connectivity index (χ4v) is 2.27. The van der Waals surface area contributed by atoms with Crippen molar-refractivity contribution in [2.45, 2.75) is 33.7 Å². The molecule has 2 aromatic rings. The summed E-state index contributed by atoms with van der Waals surface area (Å²) in [4.78, 5) is 0. The smallest absolute Gasteiger partial charge is 0.146 e. The number of hydrogen-bond donors (Lipinski definition) is 1. The Hall–Kier alpha value is -1.83. The molecule has 0 fully saturated rings. The van der Waals surface area contributed by atoms with Gasteiger partial charge in [-0.15, -0.1) is 0 Å². The molecular formula is C17H20FN. The van der Waals surface area contributed by atoms with Crippen LogP contribution in [0, 0.1) is 26.6 Å². The highest BCUT2D eigenvalue weighted by Crippen LogP contribution is 2.25. The van der Waals surface area contributed by atoms with Gasteiger partial charge in [0.05, 0.1) is 5.69 Å². The van der Waals surface area contributed by atoms with E-state index < -0.39 is 0 Å². The minimum Gasteiger partial charge on any atom is -0.376 e. The molecule has 0 amide bonds. The standard InChI is InChI=1S/C17H20FN/c1-11-5-7-13(3)15(9-11)14(4)19-17-8-6-12(2)10-16(17)18/h5-10,14,19H,1-4H3. The van der Waals surface area contributed by atoms with Gasteiger partial charge in [0.15, 0.2) is 0 Å². The quantitative estimate of drug-likeness (QED) is 0.822. The van der Waals surface area contributed by atoms with Gasteiger partial charge in [-0.05, 0) is 56.5 Å². The van der Waals surface area contributed by atoms with Crippen LogP contribution in [0.5, 0.6) is 0 Å². The lowest BCUT2D eigenvalue weighted by Gasteiger charge is -2.19. The zero-order valence-electron chi connectivity index (χ0n) is 11.9. The number of rotatable bonds is 3. The van der Waals surface area contributed by atoms with Crippen molar-refractivity contribution < 1.29 is 4.39 Å². The van der Waals surface area contributed by atoms with Crippen molar-refractivity contribution in [3.63, 3.8) is 0 Å². The molecule has 19 heavy (non-hydrogen) atoms. The van der Waals surface area contributed by atoms with Gasteiger partial charge in [0.25, 0.3) is 0 Å². The Bertz CT molecular complexity index is 590. The first-order valence-electron chi connectivity index (χ1n) is 6.57. The van der Waals surface area contributed by atoms with Crippen LogP contribution in [-0.4, -0.2) is 0 Å². The van der Waals surface area contributed by atoms with E-state index in [1.807, 2.05) is 13.0 Å². The summed E-state index contributed by atoms with van der Waals surface area (Å²) < 4.78 is 13.8. The molecule has 0 bridgehead atoms. The molecule has 0 saturated heterocycles. The predicted octanol–water partition coefficient (Wildman–Crippen LogP) is 4.92. The molecule has 100 valence electrons. The second-order valence-corrected chi connectivity index (χ2v) is 5.21.